The van der Waals surface area contributed by atoms with Gasteiger partial charge in [-0.15, -0.1) is 0 Å². The molecule has 8 fully saturated rings. The van der Waals surface area contributed by atoms with Crippen LogP contribution in [0.2, 0.25) is 0 Å². The summed E-state index contributed by atoms with van der Waals surface area (Å²) in [6, 6.07) is 0. The number of fused-ring (bicyclic) bond motifs is 5. The van der Waals surface area contributed by atoms with Gasteiger partial charge in [0.2, 0.25) is 0 Å². The highest BCUT2D eigenvalue weighted by Gasteiger charge is 2.70. The van der Waals surface area contributed by atoms with Crippen LogP contribution in [0.3, 0.4) is 0 Å². The summed E-state index contributed by atoms with van der Waals surface area (Å²) in [4.78, 5) is 0. The van der Waals surface area contributed by atoms with Crippen molar-refractivity contribution in [3.05, 3.63) is 11.6 Å². The average Bonchev–Trinajstić information content (AvgIpc) is 1.67. The summed E-state index contributed by atoms with van der Waals surface area (Å²) in [7, 11) is 0. The standard InChI is InChI=1S/C60H102O27/c1-25(9-13-38(57(4,5)77)85-55-51(86-39-18-26(65)17-27(20-61)79-39)45(72)42(69)34(83-55)24-78-52-47(74)43(70)40(67)31(21-62)80-52)28-15-16-58(6)35-12-10-29-30(60(35,8)36(66)19-59(28,58)7)11-14-37(56(29,2)3)84-53-49(76)46(73)50(33(23-64)82-53)87-54-48(75)44(71)41(68)32(22-63)81-54/h10,25-28,30-55,61-77H,9,11-24H2,1-8H3/t25-,26+,27+,28-,30-,31-,32-,33-,34-,35?,36-,37+,38-,39+,40-,41-,42-,43+,44+,45+,46-,47-,48-,49-,50-,51-,52+,53+,54+,55+,58+,59-,60+/m1/s1. The summed E-state index contributed by atoms with van der Waals surface area (Å²) in [6.45, 7) is 13.2. The van der Waals surface area contributed by atoms with Crippen LogP contribution in [0.25, 0.3) is 0 Å². The molecule has 3 saturated carbocycles. The predicted molar refractivity (Wildman–Crippen MR) is 297 cm³/mol. The summed E-state index contributed by atoms with van der Waals surface area (Å²) in [5, 5.41) is 184. The monoisotopic (exact) mass is 1250 g/mol. The third-order valence-electron chi connectivity index (χ3n) is 22.6. The molecule has 87 heavy (non-hydrogen) atoms. The lowest BCUT2D eigenvalue weighted by Crippen LogP contribution is -2.66. The van der Waals surface area contributed by atoms with Crippen molar-refractivity contribution in [1.29, 1.82) is 0 Å². The first-order valence-electron chi connectivity index (χ1n) is 31.3. The Morgan fingerprint density at radius 1 is 0.575 bits per heavy atom. The van der Waals surface area contributed by atoms with Crippen LogP contribution < -0.4 is 0 Å². The number of aliphatic hydroxyl groups is 17. The minimum atomic E-state index is -1.81. The Morgan fingerprint density at radius 2 is 1.14 bits per heavy atom. The SMILES string of the molecule is C[C@H](CC[C@@H](O[C@@H]1O[C@H](CO[C@H]2O[C@H](CO)[C@@H](O)[C@H](O)[C@H]2O)[C@@H](O)[C@H](O)[C@H]1O[C@H]1C[C@@H](O)C[C@@H](CO)O1)C(C)(C)O)[C@H]1CC[C@@]2(C)C3CC=C4[C@@H](CC[C@H](O[C@@H]5O[C@H](CO)[C@@H](O[C@@H]6O[C@H](CO)[C@@H](O)[C@H](O)[C@H]6O)[C@H](O)[C@H]5O)C4(C)C)[C@]3(C)[C@H](O)C[C@]12C. The topological polar surface area (TPSA) is 436 Å². The number of aliphatic hydroxyl groups excluding tert-OH is 16. The lowest BCUT2D eigenvalue weighted by atomic mass is 9.38. The van der Waals surface area contributed by atoms with E-state index in [1.807, 2.05) is 0 Å². The number of hydrogen-bond donors (Lipinski definition) is 17. The van der Waals surface area contributed by atoms with Gasteiger partial charge in [-0.3, -0.25) is 0 Å². The molecule has 0 aromatic carbocycles. The zero-order valence-electron chi connectivity index (χ0n) is 51.2. The van der Waals surface area contributed by atoms with Crippen LogP contribution in [0.1, 0.15) is 120 Å². The van der Waals surface area contributed by atoms with E-state index < -0.39 is 209 Å². The van der Waals surface area contributed by atoms with Crippen LogP contribution in [0.15, 0.2) is 11.6 Å². The molecule has 33 atom stereocenters. The van der Waals surface area contributed by atoms with Crippen molar-refractivity contribution < 1.29 is 134 Å². The summed E-state index contributed by atoms with van der Waals surface area (Å²) in [5.41, 5.74) is -2.23. The van der Waals surface area contributed by atoms with Crippen molar-refractivity contribution in [2.75, 3.05) is 33.0 Å². The van der Waals surface area contributed by atoms with E-state index in [-0.39, 0.29) is 53.8 Å². The number of ether oxygens (including phenoxy) is 10. The Balaban J connectivity index is 0.875. The summed E-state index contributed by atoms with van der Waals surface area (Å²) < 4.78 is 60.2. The van der Waals surface area contributed by atoms with Crippen LogP contribution in [-0.4, -0.2) is 285 Å². The molecule has 1 unspecified atom stereocenters. The predicted octanol–water partition coefficient (Wildman–Crippen LogP) is -3.35. The van der Waals surface area contributed by atoms with Gasteiger partial charge < -0.3 is 134 Å². The van der Waals surface area contributed by atoms with E-state index in [9.17, 15) is 86.8 Å². The lowest BCUT2D eigenvalue weighted by Gasteiger charge is -2.67. The minimum absolute atomic E-state index is 0.0258. The Labute approximate surface area is 507 Å². The second-order valence-corrected chi connectivity index (χ2v) is 28.5. The molecule has 0 spiro atoms. The second kappa shape index (κ2) is 27.2. The van der Waals surface area contributed by atoms with E-state index in [0.29, 0.717) is 32.1 Å². The molecule has 27 heteroatoms. The molecule has 17 N–H and O–H groups in total. The van der Waals surface area contributed by atoms with Gasteiger partial charge >= 0.3 is 0 Å². The van der Waals surface area contributed by atoms with Crippen molar-refractivity contribution in [3.8, 4) is 0 Å². The molecular formula is C60H102O27. The fraction of sp³-hybridized carbons (Fsp3) is 0.967. The molecule has 0 aromatic rings. The molecule has 9 rings (SSSR count). The number of hydrogen-bond acceptors (Lipinski definition) is 27. The fourth-order valence-corrected chi connectivity index (χ4v) is 17.1. The van der Waals surface area contributed by atoms with Gasteiger partial charge in [0.1, 0.15) is 97.7 Å². The van der Waals surface area contributed by atoms with Crippen LogP contribution in [-0.2, 0) is 47.4 Å². The molecule has 504 valence electrons. The Bertz CT molecular complexity index is 2270. The maximum absolute atomic E-state index is 12.8. The highest BCUT2D eigenvalue weighted by Crippen LogP contribution is 2.75. The first kappa shape index (κ1) is 70.0. The van der Waals surface area contributed by atoms with Crippen LogP contribution in [0, 0.1) is 45.3 Å². The van der Waals surface area contributed by atoms with Crippen molar-refractivity contribution >= 4 is 0 Å². The molecule has 0 amide bonds. The van der Waals surface area contributed by atoms with E-state index in [0.717, 1.165) is 18.4 Å². The first-order chi connectivity index (χ1) is 40.8. The van der Waals surface area contributed by atoms with Gasteiger partial charge in [-0.1, -0.05) is 53.2 Å². The van der Waals surface area contributed by atoms with Gasteiger partial charge in [-0.2, -0.15) is 0 Å². The van der Waals surface area contributed by atoms with Gasteiger partial charge in [-0.25, -0.2) is 0 Å². The van der Waals surface area contributed by atoms with E-state index in [2.05, 4.69) is 47.6 Å². The molecule has 5 saturated heterocycles. The molecule has 0 radical (unpaired) electrons. The third kappa shape index (κ3) is 13.0. The van der Waals surface area contributed by atoms with E-state index in [1.54, 1.807) is 13.8 Å². The number of rotatable bonds is 20. The van der Waals surface area contributed by atoms with Crippen LogP contribution >= 0.6 is 0 Å². The molecule has 0 bridgehead atoms. The molecule has 9 aliphatic rings. The maximum atomic E-state index is 12.8. The molecule has 0 aromatic heterocycles. The van der Waals surface area contributed by atoms with Gasteiger partial charge in [0.25, 0.3) is 0 Å². The highest BCUT2D eigenvalue weighted by molar-refractivity contribution is 5.32. The van der Waals surface area contributed by atoms with Crippen molar-refractivity contribution in [2.24, 2.45) is 45.3 Å². The highest BCUT2D eigenvalue weighted by atomic mass is 16.8. The van der Waals surface area contributed by atoms with E-state index in [1.165, 1.54) is 0 Å². The zero-order valence-corrected chi connectivity index (χ0v) is 51.2. The van der Waals surface area contributed by atoms with Gasteiger partial charge in [0.05, 0.1) is 69.2 Å². The van der Waals surface area contributed by atoms with E-state index in [4.69, 9.17) is 47.4 Å². The average molecular weight is 1260 g/mol. The third-order valence-corrected chi connectivity index (χ3v) is 22.6. The van der Waals surface area contributed by atoms with Crippen molar-refractivity contribution in [1.82, 2.24) is 0 Å². The smallest absolute Gasteiger partial charge is 0.187 e. The zero-order chi connectivity index (χ0) is 63.8. The summed E-state index contributed by atoms with van der Waals surface area (Å²) >= 11 is 0. The maximum Gasteiger partial charge on any atom is 0.187 e. The summed E-state index contributed by atoms with van der Waals surface area (Å²) in [5.74, 6) is 0.163. The Kier molecular flexibility index (Phi) is 21.9. The minimum Gasteiger partial charge on any atom is -0.394 e. The van der Waals surface area contributed by atoms with Gasteiger partial charge in [0, 0.05) is 23.7 Å². The molecular weight excluding hydrogens is 1150 g/mol. The lowest BCUT2D eigenvalue weighted by molar-refractivity contribution is -0.365. The Morgan fingerprint density at radius 3 is 1.76 bits per heavy atom. The normalized spacial score (nSPS) is 51.0. The van der Waals surface area contributed by atoms with Crippen molar-refractivity contribution in [3.63, 3.8) is 0 Å². The molecule has 5 aliphatic heterocycles. The second-order valence-electron chi connectivity index (χ2n) is 28.5. The number of allylic oxidation sites excluding steroid dienone is 1. The molecule has 27 nitrogen and oxygen atoms in total. The first-order valence-corrected chi connectivity index (χ1v) is 31.3. The van der Waals surface area contributed by atoms with Crippen molar-refractivity contribution in [2.45, 2.75) is 285 Å². The van der Waals surface area contributed by atoms with Crippen LogP contribution in [0.4, 0.5) is 0 Å². The van der Waals surface area contributed by atoms with Gasteiger partial charge in [0.15, 0.2) is 31.5 Å². The van der Waals surface area contributed by atoms with Crippen LogP contribution in [0.5, 0.6) is 0 Å². The van der Waals surface area contributed by atoms with Gasteiger partial charge in [-0.05, 0) is 99.7 Å². The fourth-order valence-electron chi connectivity index (χ4n) is 17.1. The van der Waals surface area contributed by atoms with E-state index >= 15 is 0 Å². The quantitative estimate of drug-likeness (QED) is 0.0530. The molecule has 4 aliphatic carbocycles. The molecule has 5 heterocycles. The summed E-state index contributed by atoms with van der Waals surface area (Å²) in [6.07, 6.45) is -29.8. The largest absolute Gasteiger partial charge is 0.394 e. The Hall–Kier alpha value is -1.34.